The van der Waals surface area contributed by atoms with E-state index in [1.54, 1.807) is 0 Å². The third-order valence-corrected chi connectivity index (χ3v) is 13.9. The molecule has 75 heavy (non-hydrogen) atoms. The lowest BCUT2D eigenvalue weighted by atomic mass is 10.0. The molecule has 0 saturated carbocycles. The zero-order valence-corrected chi connectivity index (χ0v) is 49.6. The van der Waals surface area contributed by atoms with Gasteiger partial charge < -0.3 is 14.2 Å². The molecule has 0 heterocycles. The average Bonchev–Trinajstić information content (AvgIpc) is 3.41. The summed E-state index contributed by atoms with van der Waals surface area (Å²) < 4.78 is 16.9. The molecular weight excluding hydrogens is 925 g/mol. The molecule has 1 atom stereocenters. The van der Waals surface area contributed by atoms with Crippen LogP contribution >= 0.6 is 0 Å². The molecular formula is C69H120O6. The van der Waals surface area contributed by atoms with E-state index in [2.05, 4.69) is 106 Å². The molecule has 0 bridgehead atoms. The first-order valence-corrected chi connectivity index (χ1v) is 32.1. The number of carbonyl (C=O) groups excluding carboxylic acids is 3. The van der Waals surface area contributed by atoms with Gasteiger partial charge in [0.25, 0.3) is 0 Å². The van der Waals surface area contributed by atoms with Crippen molar-refractivity contribution < 1.29 is 28.6 Å². The van der Waals surface area contributed by atoms with Gasteiger partial charge in [-0.1, -0.05) is 305 Å². The van der Waals surface area contributed by atoms with Gasteiger partial charge in [0.2, 0.25) is 0 Å². The molecule has 0 aliphatic rings. The minimum atomic E-state index is -0.775. The first-order chi connectivity index (χ1) is 37.0. The first-order valence-electron chi connectivity index (χ1n) is 32.1. The van der Waals surface area contributed by atoms with Crippen LogP contribution in [0.25, 0.3) is 0 Å². The molecule has 6 nitrogen and oxygen atoms in total. The Balaban J connectivity index is 4.21. The lowest BCUT2D eigenvalue weighted by Crippen LogP contribution is -2.30. The fraction of sp³-hybridized carbons (Fsp3) is 0.754. The molecule has 0 aromatic carbocycles. The van der Waals surface area contributed by atoms with Gasteiger partial charge in [-0.05, 0) is 77.0 Å². The van der Waals surface area contributed by atoms with Gasteiger partial charge in [0.1, 0.15) is 13.2 Å². The van der Waals surface area contributed by atoms with Crippen molar-refractivity contribution in [2.45, 2.75) is 322 Å². The maximum absolute atomic E-state index is 12.9. The smallest absolute Gasteiger partial charge is 0.306 e. The maximum atomic E-state index is 12.9. The van der Waals surface area contributed by atoms with Crippen LogP contribution in [0.1, 0.15) is 316 Å². The van der Waals surface area contributed by atoms with Crippen LogP contribution in [-0.4, -0.2) is 37.2 Å². The average molecular weight is 1050 g/mol. The van der Waals surface area contributed by atoms with Gasteiger partial charge in [-0.3, -0.25) is 14.4 Å². The summed E-state index contributed by atoms with van der Waals surface area (Å²) in [7, 11) is 0. The molecule has 6 heteroatoms. The van der Waals surface area contributed by atoms with Crippen LogP contribution in [0.5, 0.6) is 0 Å². The Hall–Kier alpha value is -3.41. The predicted octanol–water partition coefficient (Wildman–Crippen LogP) is 21.9. The molecule has 0 aliphatic heterocycles. The Morgan fingerprint density at radius 2 is 0.520 bits per heavy atom. The van der Waals surface area contributed by atoms with Crippen molar-refractivity contribution in [3.8, 4) is 0 Å². The molecule has 0 N–H and O–H groups in total. The number of carbonyl (C=O) groups is 3. The summed E-state index contributed by atoms with van der Waals surface area (Å²) in [6.45, 7) is 6.55. The van der Waals surface area contributed by atoms with Gasteiger partial charge in [-0.2, -0.15) is 0 Å². The van der Waals surface area contributed by atoms with Crippen molar-refractivity contribution in [1.82, 2.24) is 0 Å². The second-order valence-corrected chi connectivity index (χ2v) is 21.3. The van der Waals surface area contributed by atoms with E-state index in [1.165, 1.54) is 167 Å². The van der Waals surface area contributed by atoms with Crippen LogP contribution in [0.4, 0.5) is 0 Å². The second kappa shape index (κ2) is 63.1. The molecule has 0 rings (SSSR count). The van der Waals surface area contributed by atoms with E-state index in [9.17, 15) is 14.4 Å². The normalized spacial score (nSPS) is 12.6. The predicted molar refractivity (Wildman–Crippen MR) is 325 cm³/mol. The number of hydrogen-bond donors (Lipinski definition) is 0. The minimum Gasteiger partial charge on any atom is -0.462 e. The molecule has 0 spiro atoms. The van der Waals surface area contributed by atoms with Gasteiger partial charge >= 0.3 is 17.9 Å². The quantitative estimate of drug-likeness (QED) is 0.0261. The van der Waals surface area contributed by atoms with Gasteiger partial charge in [0.05, 0.1) is 0 Å². The Morgan fingerprint density at radius 3 is 0.813 bits per heavy atom. The highest BCUT2D eigenvalue weighted by Crippen LogP contribution is 2.17. The summed E-state index contributed by atoms with van der Waals surface area (Å²) in [5.74, 6) is -0.865. The topological polar surface area (TPSA) is 78.9 Å². The van der Waals surface area contributed by atoms with Crippen LogP contribution in [-0.2, 0) is 28.6 Å². The molecule has 0 aromatic heterocycles. The van der Waals surface area contributed by atoms with Gasteiger partial charge in [0.15, 0.2) is 6.10 Å². The molecule has 0 aromatic rings. The van der Waals surface area contributed by atoms with Crippen molar-refractivity contribution >= 4 is 17.9 Å². The van der Waals surface area contributed by atoms with Crippen molar-refractivity contribution in [2.75, 3.05) is 13.2 Å². The third kappa shape index (κ3) is 61.3. The zero-order valence-electron chi connectivity index (χ0n) is 49.6. The molecule has 1 unspecified atom stereocenters. The van der Waals surface area contributed by atoms with E-state index in [1.807, 2.05) is 0 Å². The number of esters is 3. The van der Waals surface area contributed by atoms with Crippen LogP contribution in [0, 0.1) is 0 Å². The summed E-state index contributed by atoms with van der Waals surface area (Å²) in [6.07, 6.45) is 83.0. The molecule has 432 valence electrons. The highest BCUT2D eigenvalue weighted by molar-refractivity contribution is 5.71. The third-order valence-electron chi connectivity index (χ3n) is 13.9. The van der Waals surface area contributed by atoms with E-state index in [0.717, 1.165) is 109 Å². The summed E-state index contributed by atoms with van der Waals surface area (Å²) in [5, 5.41) is 0. The second-order valence-electron chi connectivity index (χ2n) is 21.3. The van der Waals surface area contributed by atoms with Crippen LogP contribution in [0.15, 0.2) is 85.1 Å². The molecule has 0 amide bonds. The Bertz CT molecular complexity index is 1430. The van der Waals surface area contributed by atoms with E-state index in [4.69, 9.17) is 14.2 Å². The number of unbranched alkanes of at least 4 members (excludes halogenated alkanes) is 33. The van der Waals surface area contributed by atoms with E-state index in [-0.39, 0.29) is 31.1 Å². The van der Waals surface area contributed by atoms with Crippen molar-refractivity contribution in [1.29, 1.82) is 0 Å². The summed E-state index contributed by atoms with van der Waals surface area (Å²) >= 11 is 0. The SMILES string of the molecule is CC/C=C\C/C=C\C/C=C\C/C=C\C/C=C\C/C=C\C/C=C\CCCCCCCCCCCC(=O)OCC(COC(=O)CCCCCCCCCCCCCCC)OC(=O)CCCCCCCCCCCCCCC. The summed E-state index contributed by atoms with van der Waals surface area (Å²) in [6, 6.07) is 0. The monoisotopic (exact) mass is 1040 g/mol. The minimum absolute atomic E-state index is 0.0727. The van der Waals surface area contributed by atoms with Crippen LogP contribution < -0.4 is 0 Å². The molecule has 0 saturated heterocycles. The Kier molecular flexibility index (Phi) is 60.3. The molecule has 0 fully saturated rings. The zero-order chi connectivity index (χ0) is 54.3. The number of ether oxygens (including phenoxy) is 3. The Labute approximate surface area is 465 Å². The number of rotatable bonds is 58. The van der Waals surface area contributed by atoms with Crippen LogP contribution in [0.2, 0.25) is 0 Å². The summed E-state index contributed by atoms with van der Waals surface area (Å²) in [4.78, 5) is 38.2. The van der Waals surface area contributed by atoms with Crippen LogP contribution in [0.3, 0.4) is 0 Å². The fourth-order valence-corrected chi connectivity index (χ4v) is 9.13. The molecule has 0 radical (unpaired) electrons. The molecule has 0 aliphatic carbocycles. The van der Waals surface area contributed by atoms with Crippen molar-refractivity contribution in [2.24, 2.45) is 0 Å². The standard InChI is InChI=1S/C69H120O6/c1-4-7-10-13-16-19-22-25-26-27-28-29-30-31-32-33-34-35-36-37-38-39-40-41-42-45-47-50-53-56-59-62-68(71)74-65-66(75-69(72)63-60-57-54-51-48-44-24-21-18-15-12-9-6-3)64-73-67(70)61-58-55-52-49-46-43-23-20-17-14-11-8-5-2/h7,10,16,19,25-26,28-29,31-32,34-35,37-38,66H,4-6,8-9,11-15,17-18,20-24,27,30,33,36,39-65H2,1-3H3/b10-7-,19-16-,26-25-,29-28-,32-31-,35-34-,38-37-. The summed E-state index contributed by atoms with van der Waals surface area (Å²) in [5.41, 5.74) is 0. The largest absolute Gasteiger partial charge is 0.462 e. The van der Waals surface area contributed by atoms with E-state index < -0.39 is 6.10 Å². The first kappa shape index (κ1) is 71.6. The lowest BCUT2D eigenvalue weighted by Gasteiger charge is -2.18. The van der Waals surface area contributed by atoms with Gasteiger partial charge in [0, 0.05) is 19.3 Å². The van der Waals surface area contributed by atoms with Crippen molar-refractivity contribution in [3.63, 3.8) is 0 Å². The number of allylic oxidation sites excluding steroid dienone is 14. The highest BCUT2D eigenvalue weighted by atomic mass is 16.6. The highest BCUT2D eigenvalue weighted by Gasteiger charge is 2.19. The maximum Gasteiger partial charge on any atom is 0.306 e. The van der Waals surface area contributed by atoms with Crippen molar-refractivity contribution in [3.05, 3.63) is 85.1 Å². The van der Waals surface area contributed by atoms with E-state index in [0.29, 0.717) is 19.3 Å². The lowest BCUT2D eigenvalue weighted by molar-refractivity contribution is -0.167. The Morgan fingerprint density at radius 1 is 0.280 bits per heavy atom. The van der Waals surface area contributed by atoms with Gasteiger partial charge in [-0.25, -0.2) is 0 Å². The number of hydrogen-bond acceptors (Lipinski definition) is 6. The van der Waals surface area contributed by atoms with Gasteiger partial charge in [-0.15, -0.1) is 0 Å². The fourth-order valence-electron chi connectivity index (χ4n) is 9.13. The van der Waals surface area contributed by atoms with E-state index >= 15 is 0 Å².